The fraction of sp³-hybridized carbons (Fsp3) is 0.600. The van der Waals surface area contributed by atoms with E-state index in [1.54, 1.807) is 0 Å². The minimum atomic E-state index is -0.509. The maximum absolute atomic E-state index is 12.8. The first-order valence-electron chi connectivity index (χ1n) is 7.43. The first-order chi connectivity index (χ1) is 9.78. The van der Waals surface area contributed by atoms with Crippen LogP contribution in [0.4, 0.5) is 0 Å². The van der Waals surface area contributed by atoms with E-state index >= 15 is 0 Å². The van der Waals surface area contributed by atoms with E-state index in [-0.39, 0.29) is 12.1 Å². The Morgan fingerprint density at radius 1 is 1.45 bits per heavy atom. The molecule has 1 saturated carbocycles. The van der Waals surface area contributed by atoms with E-state index in [1.165, 1.54) is 12.0 Å². The molecule has 2 aliphatic carbocycles. The van der Waals surface area contributed by atoms with Crippen LogP contribution in [0.5, 0.6) is 0 Å². The molecule has 0 radical (unpaired) electrons. The number of nitrogens with zero attached hydrogens (tertiary/aromatic N) is 1. The zero-order valence-corrected chi connectivity index (χ0v) is 11.4. The molecule has 0 spiro atoms. The third-order valence-electron chi connectivity index (χ3n) is 4.89. The van der Waals surface area contributed by atoms with Crippen molar-refractivity contribution in [3.8, 4) is 0 Å². The van der Waals surface area contributed by atoms with Crippen molar-refractivity contribution in [1.82, 2.24) is 15.5 Å². The number of hydrogen-bond donors (Lipinski definition) is 2. The number of H-pyrrole nitrogens is 1. The smallest absolute Gasteiger partial charge is 0.318 e. The molecule has 2 heterocycles. The Hall–Kier alpha value is -1.62. The molecule has 106 valence electrons. The highest BCUT2D eigenvalue weighted by molar-refractivity contribution is 5.85. The van der Waals surface area contributed by atoms with Crippen LogP contribution < -0.4 is 5.32 Å². The van der Waals surface area contributed by atoms with Gasteiger partial charge in [0.25, 0.3) is 0 Å². The Labute approximate surface area is 117 Å². The van der Waals surface area contributed by atoms with E-state index in [1.807, 2.05) is 6.20 Å². The largest absolute Gasteiger partial charge is 0.462 e. The highest BCUT2D eigenvalue weighted by Crippen LogP contribution is 2.43. The molecule has 0 amide bonds. The van der Waals surface area contributed by atoms with Crippen molar-refractivity contribution in [3.05, 3.63) is 23.0 Å². The number of carbonyl (C=O) groups is 1. The lowest BCUT2D eigenvalue weighted by atomic mass is 9.69. The summed E-state index contributed by atoms with van der Waals surface area (Å²) in [5, 5.41) is 10.5. The zero-order chi connectivity index (χ0) is 13.6. The molecule has 1 aromatic heterocycles. The maximum Gasteiger partial charge on any atom is 0.318 e. The summed E-state index contributed by atoms with van der Waals surface area (Å²) in [5.74, 6) is -0.0486. The lowest BCUT2D eigenvalue weighted by Crippen LogP contribution is -2.51. The van der Waals surface area contributed by atoms with Gasteiger partial charge in [0, 0.05) is 6.54 Å². The SMILES string of the molecule is O=C(OC1CCC1)C12CNCCC1=Cc1[nH]ncc1C2. The van der Waals surface area contributed by atoms with E-state index in [0.717, 1.165) is 37.1 Å². The lowest BCUT2D eigenvalue weighted by molar-refractivity contribution is -0.163. The number of piperidine rings is 1. The van der Waals surface area contributed by atoms with Gasteiger partial charge >= 0.3 is 5.97 Å². The molecule has 5 nitrogen and oxygen atoms in total. The van der Waals surface area contributed by atoms with Gasteiger partial charge in [-0.05, 0) is 55.9 Å². The summed E-state index contributed by atoms with van der Waals surface area (Å²) in [6, 6.07) is 0. The minimum Gasteiger partial charge on any atom is -0.462 e. The lowest BCUT2D eigenvalue weighted by Gasteiger charge is -2.41. The van der Waals surface area contributed by atoms with Crippen LogP contribution in [0.2, 0.25) is 0 Å². The van der Waals surface area contributed by atoms with Gasteiger partial charge in [-0.25, -0.2) is 0 Å². The number of carbonyl (C=O) groups excluding carboxylic acids is 1. The second kappa shape index (κ2) is 4.45. The van der Waals surface area contributed by atoms with Crippen LogP contribution in [0.1, 0.15) is 36.9 Å². The summed E-state index contributed by atoms with van der Waals surface area (Å²) in [7, 11) is 0. The molecular weight excluding hydrogens is 254 g/mol. The van der Waals surface area contributed by atoms with Gasteiger partial charge in [-0.2, -0.15) is 5.10 Å². The van der Waals surface area contributed by atoms with Crippen LogP contribution in [0.3, 0.4) is 0 Å². The van der Waals surface area contributed by atoms with Gasteiger partial charge in [0.05, 0.1) is 11.9 Å². The van der Waals surface area contributed by atoms with Crippen molar-refractivity contribution in [3.63, 3.8) is 0 Å². The Balaban J connectivity index is 1.67. The number of aromatic nitrogens is 2. The molecule has 3 aliphatic rings. The van der Waals surface area contributed by atoms with Crippen molar-refractivity contribution in [2.75, 3.05) is 13.1 Å². The Kier molecular flexibility index (Phi) is 2.70. The molecular formula is C15H19N3O2. The molecule has 2 fully saturated rings. The number of rotatable bonds is 2. The van der Waals surface area contributed by atoms with E-state index in [0.29, 0.717) is 13.0 Å². The highest BCUT2D eigenvalue weighted by Gasteiger charge is 2.48. The molecule has 20 heavy (non-hydrogen) atoms. The number of ether oxygens (including phenoxy) is 1. The molecule has 0 bridgehead atoms. The molecule has 1 aromatic rings. The van der Waals surface area contributed by atoms with Crippen LogP contribution in [0, 0.1) is 5.41 Å². The van der Waals surface area contributed by atoms with Crippen molar-refractivity contribution >= 4 is 12.0 Å². The third kappa shape index (κ3) is 1.73. The van der Waals surface area contributed by atoms with Gasteiger partial charge in [0.1, 0.15) is 11.5 Å². The predicted octanol–water partition coefficient (Wildman–Crippen LogP) is 1.42. The first kappa shape index (κ1) is 12.1. The molecule has 1 atom stereocenters. The minimum absolute atomic E-state index is 0.0486. The van der Waals surface area contributed by atoms with Crippen LogP contribution in [0.15, 0.2) is 11.8 Å². The monoisotopic (exact) mass is 273 g/mol. The normalized spacial score (nSPS) is 28.9. The van der Waals surface area contributed by atoms with Gasteiger partial charge in [-0.15, -0.1) is 0 Å². The fourth-order valence-electron chi connectivity index (χ4n) is 3.38. The molecule has 1 unspecified atom stereocenters. The second-order valence-electron chi connectivity index (χ2n) is 6.12. The van der Waals surface area contributed by atoms with Crippen LogP contribution in [-0.4, -0.2) is 35.4 Å². The molecule has 0 aromatic carbocycles. The summed E-state index contributed by atoms with van der Waals surface area (Å²) in [6.07, 6.45) is 8.89. The van der Waals surface area contributed by atoms with Gasteiger partial charge in [-0.3, -0.25) is 9.89 Å². The van der Waals surface area contributed by atoms with E-state index in [4.69, 9.17) is 4.74 Å². The second-order valence-corrected chi connectivity index (χ2v) is 6.12. The molecule has 4 rings (SSSR count). The summed E-state index contributed by atoms with van der Waals surface area (Å²) in [5.41, 5.74) is 2.85. The average molecular weight is 273 g/mol. The molecule has 1 aliphatic heterocycles. The number of aromatic amines is 1. The fourth-order valence-corrected chi connectivity index (χ4v) is 3.38. The van der Waals surface area contributed by atoms with Gasteiger partial charge < -0.3 is 10.1 Å². The van der Waals surface area contributed by atoms with E-state index in [9.17, 15) is 4.79 Å². The number of nitrogens with one attached hydrogen (secondary N) is 2. The predicted molar refractivity (Wildman–Crippen MR) is 73.9 cm³/mol. The molecule has 1 saturated heterocycles. The van der Waals surface area contributed by atoms with Crippen molar-refractivity contribution < 1.29 is 9.53 Å². The van der Waals surface area contributed by atoms with Crippen molar-refractivity contribution in [2.45, 2.75) is 38.2 Å². The summed E-state index contributed by atoms with van der Waals surface area (Å²) in [4.78, 5) is 12.8. The number of esters is 1. The Morgan fingerprint density at radius 3 is 3.15 bits per heavy atom. The Bertz CT molecular complexity index is 573. The third-order valence-corrected chi connectivity index (χ3v) is 4.89. The maximum atomic E-state index is 12.8. The average Bonchev–Trinajstić information content (AvgIpc) is 2.86. The highest BCUT2D eigenvalue weighted by atomic mass is 16.5. The van der Waals surface area contributed by atoms with E-state index < -0.39 is 5.41 Å². The quantitative estimate of drug-likeness (QED) is 0.800. The molecule has 5 heteroatoms. The summed E-state index contributed by atoms with van der Waals surface area (Å²) in [6.45, 7) is 1.60. The number of hydrogen-bond acceptors (Lipinski definition) is 4. The standard InChI is InChI=1S/C15H19N3O2/c19-14(20-12-2-1-3-12)15-7-10-8-17-18-13(10)6-11(15)4-5-16-9-15/h6,8,12,16H,1-5,7,9H2,(H,17,18). The van der Waals surface area contributed by atoms with Crippen LogP contribution in [-0.2, 0) is 16.0 Å². The molecule has 2 N–H and O–H groups in total. The Morgan fingerprint density at radius 2 is 2.35 bits per heavy atom. The summed E-state index contributed by atoms with van der Waals surface area (Å²) < 4.78 is 5.73. The van der Waals surface area contributed by atoms with Gasteiger partial charge in [0.15, 0.2) is 0 Å². The number of fused-ring (bicyclic) bond motifs is 2. The van der Waals surface area contributed by atoms with Gasteiger partial charge in [0.2, 0.25) is 0 Å². The van der Waals surface area contributed by atoms with Crippen molar-refractivity contribution in [2.24, 2.45) is 5.41 Å². The van der Waals surface area contributed by atoms with Crippen molar-refractivity contribution in [1.29, 1.82) is 0 Å². The van der Waals surface area contributed by atoms with Crippen LogP contribution in [0.25, 0.3) is 6.08 Å². The van der Waals surface area contributed by atoms with Gasteiger partial charge in [-0.1, -0.05) is 0 Å². The first-order valence-corrected chi connectivity index (χ1v) is 7.43. The topological polar surface area (TPSA) is 67.0 Å². The summed E-state index contributed by atoms with van der Waals surface area (Å²) >= 11 is 0. The van der Waals surface area contributed by atoms with Crippen LogP contribution >= 0.6 is 0 Å². The zero-order valence-electron chi connectivity index (χ0n) is 11.4. The van der Waals surface area contributed by atoms with E-state index in [2.05, 4.69) is 21.6 Å².